The van der Waals surface area contributed by atoms with Gasteiger partial charge in [0.05, 0.1) is 12.5 Å². The number of likely N-dealkylation sites (N-methyl/N-ethyl adjacent to an activating group) is 1. The van der Waals surface area contributed by atoms with Gasteiger partial charge in [0.2, 0.25) is 5.91 Å². The minimum atomic E-state index is -0.358. The highest BCUT2D eigenvalue weighted by molar-refractivity contribution is 5.75. The summed E-state index contributed by atoms with van der Waals surface area (Å²) < 4.78 is 2.12. The van der Waals surface area contributed by atoms with Gasteiger partial charge in [-0.3, -0.25) is 9.69 Å². The summed E-state index contributed by atoms with van der Waals surface area (Å²) in [6, 6.07) is 0.978. The molecule has 1 aromatic rings. The fraction of sp³-hybridized carbons (Fsp3) is 0.842. The maximum absolute atomic E-state index is 11.3. The summed E-state index contributed by atoms with van der Waals surface area (Å²) in [5.41, 5.74) is 5.35. The Morgan fingerprint density at radius 1 is 1.19 bits per heavy atom. The Hall–Kier alpha value is -1.47. The van der Waals surface area contributed by atoms with Crippen LogP contribution >= 0.6 is 0 Å². The first-order valence-corrected chi connectivity index (χ1v) is 10.2. The number of aromatic nitrogens is 3. The number of amides is 1. The first-order valence-electron chi connectivity index (χ1n) is 10.2. The van der Waals surface area contributed by atoms with Gasteiger partial charge in [-0.05, 0) is 33.2 Å². The van der Waals surface area contributed by atoms with Gasteiger partial charge >= 0.3 is 0 Å². The number of rotatable bonds is 7. The van der Waals surface area contributed by atoms with E-state index in [9.17, 15) is 4.79 Å². The van der Waals surface area contributed by atoms with Crippen molar-refractivity contribution in [1.29, 1.82) is 0 Å². The van der Waals surface area contributed by atoms with Crippen LogP contribution in [0.3, 0.4) is 0 Å². The van der Waals surface area contributed by atoms with Gasteiger partial charge in [0.15, 0.2) is 5.82 Å². The number of nitrogens with two attached hydrogens (primary N) is 1. The van der Waals surface area contributed by atoms with Crippen molar-refractivity contribution in [3.63, 3.8) is 0 Å². The second-order valence-corrected chi connectivity index (χ2v) is 8.05. The zero-order valence-electron chi connectivity index (χ0n) is 16.4. The van der Waals surface area contributed by atoms with E-state index in [2.05, 4.69) is 38.5 Å². The Morgan fingerprint density at radius 3 is 2.54 bits per heavy atom. The van der Waals surface area contributed by atoms with E-state index in [0.717, 1.165) is 44.8 Å². The van der Waals surface area contributed by atoms with E-state index in [-0.39, 0.29) is 12.3 Å². The highest BCUT2D eigenvalue weighted by Gasteiger charge is 2.23. The second kappa shape index (κ2) is 8.95. The molecule has 1 saturated carbocycles. The molecule has 1 aromatic heterocycles. The first-order chi connectivity index (χ1) is 12.5. The minimum Gasteiger partial charge on any atom is -0.369 e. The number of carbonyl (C=O) groups is 1. The van der Waals surface area contributed by atoms with Crippen molar-refractivity contribution in [2.24, 2.45) is 5.73 Å². The van der Waals surface area contributed by atoms with Crippen LogP contribution in [0.15, 0.2) is 0 Å². The van der Waals surface area contributed by atoms with Crippen LogP contribution in [0.1, 0.15) is 63.1 Å². The number of hydrogen-bond donors (Lipinski definition) is 1. The highest BCUT2D eigenvalue weighted by Crippen LogP contribution is 2.29. The predicted molar refractivity (Wildman–Crippen MR) is 102 cm³/mol. The predicted octanol–water partition coefficient (Wildman–Crippen LogP) is 1.38. The lowest BCUT2D eigenvalue weighted by Gasteiger charge is -2.36. The molecular weight excluding hydrogens is 328 g/mol. The second-order valence-electron chi connectivity index (χ2n) is 8.05. The summed E-state index contributed by atoms with van der Waals surface area (Å²) in [6.07, 6.45) is 8.29. The SMILES string of the molecule is C[C@H](CCc1nc(CC(N)=O)nn1C1CCCCC1)N1CCN(C)CC1. The Bertz CT molecular complexity index is 587. The van der Waals surface area contributed by atoms with E-state index in [1.165, 1.54) is 32.1 Å². The lowest BCUT2D eigenvalue weighted by atomic mass is 9.95. The molecule has 146 valence electrons. The van der Waals surface area contributed by atoms with E-state index in [1.54, 1.807) is 0 Å². The first kappa shape index (κ1) is 19.3. The third-order valence-electron chi connectivity index (χ3n) is 5.95. The minimum absolute atomic E-state index is 0.140. The average molecular weight is 363 g/mol. The van der Waals surface area contributed by atoms with Crippen LogP contribution in [-0.2, 0) is 17.6 Å². The molecule has 1 atom stereocenters. The lowest BCUT2D eigenvalue weighted by Crippen LogP contribution is -2.48. The number of hydrogen-bond acceptors (Lipinski definition) is 5. The summed E-state index contributed by atoms with van der Waals surface area (Å²) >= 11 is 0. The van der Waals surface area contributed by atoms with Gasteiger partial charge in [0.1, 0.15) is 5.82 Å². The van der Waals surface area contributed by atoms with Crippen LogP contribution in [0.4, 0.5) is 0 Å². The summed E-state index contributed by atoms with van der Waals surface area (Å²) in [5, 5.41) is 4.66. The molecule has 2 aliphatic rings. The molecule has 0 radical (unpaired) electrons. The Morgan fingerprint density at radius 2 is 1.88 bits per heavy atom. The fourth-order valence-electron chi connectivity index (χ4n) is 4.21. The fourth-order valence-corrected chi connectivity index (χ4v) is 4.21. The standard InChI is InChI=1S/C19H34N6O/c1-15(24-12-10-23(2)11-13-24)8-9-19-21-18(14-17(20)26)22-25(19)16-6-4-3-5-7-16/h15-16H,3-14H2,1-2H3,(H2,20,26)/t15-/m1/s1. The smallest absolute Gasteiger partial charge is 0.225 e. The molecule has 2 fully saturated rings. The number of carbonyl (C=O) groups excluding carboxylic acids is 1. The molecule has 1 amide bonds. The third kappa shape index (κ3) is 5.04. The Balaban J connectivity index is 1.64. The number of piperazine rings is 1. The molecule has 3 rings (SSSR count). The molecule has 0 unspecified atom stereocenters. The summed E-state index contributed by atoms with van der Waals surface area (Å²) in [4.78, 5) is 20.9. The average Bonchev–Trinajstić information content (AvgIpc) is 3.03. The van der Waals surface area contributed by atoms with Crippen LogP contribution in [0, 0.1) is 0 Å². The van der Waals surface area contributed by atoms with Crippen molar-refractivity contribution >= 4 is 5.91 Å². The summed E-state index contributed by atoms with van der Waals surface area (Å²) in [6.45, 7) is 6.88. The van der Waals surface area contributed by atoms with Gasteiger partial charge in [-0.1, -0.05) is 19.3 Å². The van der Waals surface area contributed by atoms with Crippen molar-refractivity contribution in [1.82, 2.24) is 24.6 Å². The monoisotopic (exact) mass is 362 g/mol. The molecule has 2 heterocycles. The molecule has 2 N–H and O–H groups in total. The Kier molecular flexibility index (Phi) is 6.64. The van der Waals surface area contributed by atoms with Gasteiger partial charge in [0.25, 0.3) is 0 Å². The zero-order valence-corrected chi connectivity index (χ0v) is 16.4. The Labute approximate surface area is 156 Å². The highest BCUT2D eigenvalue weighted by atomic mass is 16.1. The van der Waals surface area contributed by atoms with E-state index in [1.807, 2.05) is 0 Å². The van der Waals surface area contributed by atoms with Crippen LogP contribution in [0.5, 0.6) is 0 Å². The van der Waals surface area contributed by atoms with Crippen LogP contribution in [0.25, 0.3) is 0 Å². The number of nitrogens with zero attached hydrogens (tertiary/aromatic N) is 5. The molecule has 0 aromatic carbocycles. The topological polar surface area (TPSA) is 80.3 Å². The van der Waals surface area contributed by atoms with Crippen molar-refractivity contribution in [2.45, 2.75) is 70.4 Å². The van der Waals surface area contributed by atoms with E-state index in [4.69, 9.17) is 5.73 Å². The van der Waals surface area contributed by atoms with Crippen molar-refractivity contribution in [3.05, 3.63) is 11.6 Å². The van der Waals surface area contributed by atoms with Gasteiger partial charge in [-0.2, -0.15) is 5.10 Å². The van der Waals surface area contributed by atoms with Gasteiger partial charge in [-0.15, -0.1) is 0 Å². The van der Waals surface area contributed by atoms with E-state index < -0.39 is 0 Å². The molecule has 1 aliphatic heterocycles. The largest absolute Gasteiger partial charge is 0.369 e. The van der Waals surface area contributed by atoms with Gasteiger partial charge in [0, 0.05) is 38.6 Å². The molecular formula is C19H34N6O. The number of aryl methyl sites for hydroxylation is 1. The maximum Gasteiger partial charge on any atom is 0.225 e. The van der Waals surface area contributed by atoms with E-state index in [0.29, 0.717) is 17.9 Å². The zero-order chi connectivity index (χ0) is 18.5. The van der Waals surface area contributed by atoms with Gasteiger partial charge < -0.3 is 10.6 Å². The molecule has 0 spiro atoms. The molecule has 1 aliphatic carbocycles. The molecule has 7 nitrogen and oxygen atoms in total. The normalized spacial score (nSPS) is 21.8. The molecule has 0 bridgehead atoms. The van der Waals surface area contributed by atoms with Crippen LogP contribution in [-0.4, -0.2) is 69.7 Å². The summed E-state index contributed by atoms with van der Waals surface area (Å²) in [7, 11) is 2.19. The van der Waals surface area contributed by atoms with Crippen molar-refractivity contribution in [2.75, 3.05) is 33.2 Å². The number of primary amides is 1. The van der Waals surface area contributed by atoms with Crippen LogP contribution in [0.2, 0.25) is 0 Å². The van der Waals surface area contributed by atoms with Crippen molar-refractivity contribution in [3.8, 4) is 0 Å². The molecule has 26 heavy (non-hydrogen) atoms. The van der Waals surface area contributed by atoms with Gasteiger partial charge in [-0.25, -0.2) is 9.67 Å². The van der Waals surface area contributed by atoms with Crippen LogP contribution < -0.4 is 5.73 Å². The lowest BCUT2D eigenvalue weighted by molar-refractivity contribution is -0.117. The molecule has 7 heteroatoms. The van der Waals surface area contributed by atoms with Crippen molar-refractivity contribution < 1.29 is 4.79 Å². The quantitative estimate of drug-likeness (QED) is 0.793. The van der Waals surface area contributed by atoms with E-state index >= 15 is 0 Å². The summed E-state index contributed by atoms with van der Waals surface area (Å²) in [5.74, 6) is 1.27. The third-order valence-corrected chi connectivity index (χ3v) is 5.95. The maximum atomic E-state index is 11.3. The molecule has 1 saturated heterocycles.